The Hall–Kier alpha value is -1.63. The molecule has 1 aromatic carbocycles. The molecule has 0 unspecified atom stereocenters. The van der Waals surface area contributed by atoms with E-state index in [1.807, 2.05) is 7.05 Å². The molecule has 29 heavy (non-hydrogen) atoms. The van der Waals surface area contributed by atoms with Crippen molar-refractivity contribution in [3.8, 4) is 0 Å². The summed E-state index contributed by atoms with van der Waals surface area (Å²) in [7, 11) is 1.85. The van der Waals surface area contributed by atoms with Gasteiger partial charge in [0.25, 0.3) is 0 Å². The Morgan fingerprint density at radius 2 is 1.93 bits per heavy atom. The predicted octanol–water partition coefficient (Wildman–Crippen LogP) is 2.92. The van der Waals surface area contributed by atoms with Crippen LogP contribution in [-0.2, 0) is 22.6 Å². The molecule has 0 bridgehead atoms. The SMILES string of the molecule is CCCN1CCC(NC(=NC)NCc2cccc(COC3CCOCC3)c2)CC1. The third-order valence-corrected chi connectivity index (χ3v) is 5.80. The van der Waals surface area contributed by atoms with Crippen LogP contribution in [0, 0.1) is 0 Å². The van der Waals surface area contributed by atoms with Crippen molar-refractivity contribution in [2.45, 2.75) is 64.3 Å². The van der Waals surface area contributed by atoms with E-state index in [-0.39, 0.29) is 0 Å². The molecular weight excluding hydrogens is 364 g/mol. The van der Waals surface area contributed by atoms with Crippen molar-refractivity contribution in [2.75, 3.05) is 39.9 Å². The molecule has 1 aromatic rings. The maximum Gasteiger partial charge on any atom is 0.191 e. The van der Waals surface area contributed by atoms with E-state index in [1.54, 1.807) is 0 Å². The van der Waals surface area contributed by atoms with E-state index >= 15 is 0 Å². The Labute approximate surface area is 176 Å². The van der Waals surface area contributed by atoms with Gasteiger partial charge in [0.15, 0.2) is 5.96 Å². The quantitative estimate of drug-likeness (QED) is 0.517. The molecule has 2 saturated heterocycles. The summed E-state index contributed by atoms with van der Waals surface area (Å²) >= 11 is 0. The van der Waals surface area contributed by atoms with Gasteiger partial charge in [0.05, 0.1) is 12.7 Å². The molecule has 2 heterocycles. The van der Waals surface area contributed by atoms with E-state index in [0.717, 1.165) is 38.6 Å². The van der Waals surface area contributed by atoms with E-state index in [0.29, 0.717) is 18.8 Å². The number of hydrogen-bond acceptors (Lipinski definition) is 4. The topological polar surface area (TPSA) is 58.1 Å². The van der Waals surface area contributed by atoms with Gasteiger partial charge < -0.3 is 25.0 Å². The van der Waals surface area contributed by atoms with Crippen LogP contribution in [-0.4, -0.2) is 62.9 Å². The fourth-order valence-corrected chi connectivity index (χ4v) is 4.08. The van der Waals surface area contributed by atoms with Crippen LogP contribution in [0.1, 0.15) is 50.2 Å². The third kappa shape index (κ3) is 7.61. The molecule has 0 atom stereocenters. The molecule has 2 fully saturated rings. The average molecular weight is 403 g/mol. The van der Waals surface area contributed by atoms with Gasteiger partial charge in [-0.2, -0.15) is 0 Å². The van der Waals surface area contributed by atoms with Crippen molar-refractivity contribution in [3.63, 3.8) is 0 Å². The summed E-state index contributed by atoms with van der Waals surface area (Å²) < 4.78 is 11.5. The molecule has 2 N–H and O–H groups in total. The highest BCUT2D eigenvalue weighted by Gasteiger charge is 2.19. The first-order chi connectivity index (χ1) is 14.3. The molecule has 0 saturated carbocycles. The zero-order valence-corrected chi connectivity index (χ0v) is 18.2. The van der Waals surface area contributed by atoms with Gasteiger partial charge in [-0.3, -0.25) is 4.99 Å². The molecule has 6 heteroatoms. The first-order valence-corrected chi connectivity index (χ1v) is 11.2. The fraction of sp³-hybridized carbons (Fsp3) is 0.696. The lowest BCUT2D eigenvalue weighted by Crippen LogP contribution is -2.48. The highest BCUT2D eigenvalue weighted by atomic mass is 16.5. The molecule has 0 amide bonds. The van der Waals surface area contributed by atoms with Crippen LogP contribution in [0.3, 0.4) is 0 Å². The molecule has 2 aliphatic rings. The van der Waals surface area contributed by atoms with Crippen molar-refractivity contribution in [3.05, 3.63) is 35.4 Å². The van der Waals surface area contributed by atoms with E-state index in [4.69, 9.17) is 9.47 Å². The van der Waals surface area contributed by atoms with Crippen molar-refractivity contribution < 1.29 is 9.47 Å². The number of nitrogens with one attached hydrogen (secondary N) is 2. The van der Waals surface area contributed by atoms with Gasteiger partial charge in [0, 0.05) is 45.9 Å². The monoisotopic (exact) mass is 402 g/mol. The summed E-state index contributed by atoms with van der Waals surface area (Å²) in [4.78, 5) is 6.97. The summed E-state index contributed by atoms with van der Waals surface area (Å²) in [6, 6.07) is 9.14. The lowest BCUT2D eigenvalue weighted by molar-refractivity contribution is -0.0390. The van der Waals surface area contributed by atoms with Gasteiger partial charge >= 0.3 is 0 Å². The predicted molar refractivity (Wildman–Crippen MR) is 118 cm³/mol. The number of nitrogens with zero attached hydrogens (tertiary/aromatic N) is 2. The van der Waals surface area contributed by atoms with Crippen LogP contribution in [0.25, 0.3) is 0 Å². The number of rotatable bonds is 8. The maximum atomic E-state index is 6.06. The Kier molecular flexibility index (Phi) is 9.25. The fourth-order valence-electron chi connectivity index (χ4n) is 4.08. The first kappa shape index (κ1) is 22.1. The molecular formula is C23H38N4O2. The van der Waals surface area contributed by atoms with Crippen LogP contribution in [0.15, 0.2) is 29.3 Å². The number of likely N-dealkylation sites (tertiary alicyclic amines) is 1. The minimum atomic E-state index is 0.331. The lowest BCUT2D eigenvalue weighted by Gasteiger charge is -2.32. The molecule has 3 rings (SSSR count). The molecule has 162 valence electrons. The minimum absolute atomic E-state index is 0.331. The maximum absolute atomic E-state index is 6.06. The van der Waals surface area contributed by atoms with E-state index < -0.39 is 0 Å². The second-order valence-corrected chi connectivity index (χ2v) is 8.13. The van der Waals surface area contributed by atoms with Gasteiger partial charge in [0.1, 0.15) is 0 Å². The van der Waals surface area contributed by atoms with Gasteiger partial charge in [-0.1, -0.05) is 31.2 Å². The number of piperidine rings is 1. The van der Waals surface area contributed by atoms with E-state index in [9.17, 15) is 0 Å². The number of ether oxygens (including phenoxy) is 2. The Bertz CT molecular complexity index is 623. The van der Waals surface area contributed by atoms with Crippen LogP contribution in [0.2, 0.25) is 0 Å². The molecule has 0 aliphatic carbocycles. The van der Waals surface area contributed by atoms with Crippen LogP contribution < -0.4 is 10.6 Å². The van der Waals surface area contributed by atoms with Gasteiger partial charge in [-0.05, 0) is 49.8 Å². The summed E-state index contributed by atoms with van der Waals surface area (Å²) in [5, 5.41) is 7.07. The van der Waals surface area contributed by atoms with E-state index in [2.05, 4.69) is 51.7 Å². The number of aliphatic imine (C=N–C) groups is 1. The van der Waals surface area contributed by atoms with Crippen molar-refractivity contribution in [2.24, 2.45) is 4.99 Å². The largest absolute Gasteiger partial charge is 0.381 e. The second kappa shape index (κ2) is 12.2. The Morgan fingerprint density at radius 3 is 2.66 bits per heavy atom. The normalized spacial score (nSPS) is 20.0. The molecule has 2 aliphatic heterocycles. The van der Waals surface area contributed by atoms with Gasteiger partial charge in [-0.25, -0.2) is 0 Å². The summed E-state index contributed by atoms with van der Waals surface area (Å²) in [6.07, 6.45) is 5.93. The summed E-state index contributed by atoms with van der Waals surface area (Å²) in [6.45, 7) is 8.89. The standard InChI is InChI=1S/C23H38N4O2/c1-3-11-27-12-7-21(8-13-27)26-23(24-2)25-17-19-5-4-6-20(16-19)18-29-22-9-14-28-15-10-22/h4-6,16,21-22H,3,7-15,17-18H2,1-2H3,(H2,24,25,26). The average Bonchev–Trinajstić information content (AvgIpc) is 2.77. The van der Waals surface area contributed by atoms with Crippen LogP contribution >= 0.6 is 0 Å². The second-order valence-electron chi connectivity index (χ2n) is 8.13. The molecule has 0 radical (unpaired) electrons. The summed E-state index contributed by atoms with van der Waals surface area (Å²) in [5.41, 5.74) is 2.47. The number of hydrogen-bond donors (Lipinski definition) is 2. The van der Waals surface area contributed by atoms with Gasteiger partial charge in [-0.15, -0.1) is 0 Å². The van der Waals surface area contributed by atoms with Crippen LogP contribution in [0.5, 0.6) is 0 Å². The van der Waals surface area contributed by atoms with Crippen molar-refractivity contribution in [1.82, 2.24) is 15.5 Å². The van der Waals surface area contributed by atoms with Gasteiger partial charge in [0.2, 0.25) is 0 Å². The summed E-state index contributed by atoms with van der Waals surface area (Å²) in [5.74, 6) is 0.891. The molecule has 6 nitrogen and oxygen atoms in total. The minimum Gasteiger partial charge on any atom is -0.381 e. The first-order valence-electron chi connectivity index (χ1n) is 11.2. The third-order valence-electron chi connectivity index (χ3n) is 5.80. The zero-order chi connectivity index (χ0) is 20.3. The zero-order valence-electron chi connectivity index (χ0n) is 18.2. The van der Waals surface area contributed by atoms with Crippen LogP contribution in [0.4, 0.5) is 0 Å². The Balaban J connectivity index is 1.41. The lowest BCUT2D eigenvalue weighted by atomic mass is 10.1. The van der Waals surface area contributed by atoms with E-state index in [1.165, 1.54) is 50.0 Å². The Morgan fingerprint density at radius 1 is 1.17 bits per heavy atom. The number of guanidine groups is 1. The molecule has 0 spiro atoms. The highest BCUT2D eigenvalue weighted by Crippen LogP contribution is 2.14. The van der Waals surface area contributed by atoms with Crippen molar-refractivity contribution >= 4 is 5.96 Å². The molecule has 0 aromatic heterocycles. The smallest absolute Gasteiger partial charge is 0.191 e. The number of benzene rings is 1. The highest BCUT2D eigenvalue weighted by molar-refractivity contribution is 5.79. The van der Waals surface area contributed by atoms with Crippen molar-refractivity contribution in [1.29, 1.82) is 0 Å².